The lowest BCUT2D eigenvalue weighted by atomic mass is 10.2. The van der Waals surface area contributed by atoms with Crippen LogP contribution >= 0.6 is 0 Å². The minimum atomic E-state index is -3.94. The van der Waals surface area contributed by atoms with Crippen molar-refractivity contribution in [3.05, 3.63) is 48.0 Å². The first-order valence-electron chi connectivity index (χ1n) is 7.23. The fraction of sp³-hybridized carbons (Fsp3) is 0.125. The summed E-state index contributed by atoms with van der Waals surface area (Å²) in [6.07, 6.45) is -0.669. The van der Waals surface area contributed by atoms with E-state index in [1.165, 1.54) is 31.4 Å². The summed E-state index contributed by atoms with van der Waals surface area (Å²) < 4.78 is 34.3. The minimum Gasteiger partial charge on any atom is -0.453 e. The smallest absolute Gasteiger partial charge is 0.413 e. The molecular formula is C16H15N3O5S. The molecule has 0 saturated carbocycles. The Morgan fingerprint density at radius 3 is 2.56 bits per heavy atom. The van der Waals surface area contributed by atoms with Crippen molar-refractivity contribution < 1.29 is 22.1 Å². The van der Waals surface area contributed by atoms with E-state index in [9.17, 15) is 13.2 Å². The molecule has 0 aliphatic carbocycles. The highest BCUT2D eigenvalue weighted by molar-refractivity contribution is 7.87. The first kappa shape index (κ1) is 16.8. The van der Waals surface area contributed by atoms with Crippen LogP contribution in [-0.2, 0) is 14.9 Å². The molecule has 1 amide bonds. The average Bonchev–Trinajstić information content (AvgIpc) is 2.96. The van der Waals surface area contributed by atoms with E-state index < -0.39 is 16.2 Å². The maximum absolute atomic E-state index is 12.3. The van der Waals surface area contributed by atoms with E-state index in [1.54, 1.807) is 18.2 Å². The van der Waals surface area contributed by atoms with Crippen LogP contribution in [0, 0.1) is 6.92 Å². The van der Waals surface area contributed by atoms with Gasteiger partial charge in [-0.1, -0.05) is 17.7 Å². The van der Waals surface area contributed by atoms with Crippen LogP contribution in [0.4, 0.5) is 10.7 Å². The number of rotatable bonds is 4. The van der Waals surface area contributed by atoms with Gasteiger partial charge in [0.15, 0.2) is 0 Å². The number of H-pyrrole nitrogens is 1. The van der Waals surface area contributed by atoms with Gasteiger partial charge in [0.1, 0.15) is 10.6 Å². The van der Waals surface area contributed by atoms with E-state index in [0.29, 0.717) is 11.0 Å². The van der Waals surface area contributed by atoms with Crippen molar-refractivity contribution in [1.29, 1.82) is 0 Å². The second-order valence-electron chi connectivity index (χ2n) is 5.23. The molecule has 1 aromatic heterocycles. The Hall–Kier alpha value is -3.07. The third kappa shape index (κ3) is 3.72. The fourth-order valence-corrected chi connectivity index (χ4v) is 3.05. The molecule has 0 saturated heterocycles. The summed E-state index contributed by atoms with van der Waals surface area (Å²) in [6, 6.07) is 10.9. The molecular weight excluding hydrogens is 346 g/mol. The second kappa shape index (κ2) is 6.44. The molecule has 3 rings (SSSR count). The summed E-state index contributed by atoms with van der Waals surface area (Å²) in [6.45, 7) is 1.86. The third-order valence-electron chi connectivity index (χ3n) is 3.37. The topological polar surface area (TPSA) is 110 Å². The predicted molar refractivity (Wildman–Crippen MR) is 91.1 cm³/mol. The van der Waals surface area contributed by atoms with Crippen molar-refractivity contribution in [1.82, 2.24) is 9.97 Å². The molecule has 9 heteroatoms. The number of benzene rings is 2. The van der Waals surface area contributed by atoms with Crippen molar-refractivity contribution >= 4 is 33.2 Å². The molecule has 0 spiro atoms. The van der Waals surface area contributed by atoms with Crippen molar-refractivity contribution in [2.45, 2.75) is 11.8 Å². The van der Waals surface area contributed by atoms with E-state index in [-0.39, 0.29) is 16.6 Å². The van der Waals surface area contributed by atoms with Crippen LogP contribution in [-0.4, -0.2) is 31.6 Å². The molecule has 130 valence electrons. The van der Waals surface area contributed by atoms with Crippen LogP contribution in [0.15, 0.2) is 47.4 Å². The lowest BCUT2D eigenvalue weighted by Gasteiger charge is -2.07. The number of methoxy groups -OCH3 is 1. The number of carbonyl (C=O) groups excluding carboxylic acids is 1. The van der Waals surface area contributed by atoms with Crippen LogP contribution in [0.3, 0.4) is 0 Å². The number of fused-ring (bicyclic) bond motifs is 1. The Balaban J connectivity index is 1.86. The lowest BCUT2D eigenvalue weighted by Crippen LogP contribution is -2.11. The van der Waals surface area contributed by atoms with E-state index in [2.05, 4.69) is 20.0 Å². The average molecular weight is 361 g/mol. The van der Waals surface area contributed by atoms with Gasteiger partial charge in [0, 0.05) is 6.07 Å². The Kier molecular flexibility index (Phi) is 4.32. The summed E-state index contributed by atoms with van der Waals surface area (Å²) in [5, 5.41) is 2.39. The maximum atomic E-state index is 12.3. The zero-order valence-corrected chi connectivity index (χ0v) is 14.3. The van der Waals surface area contributed by atoms with E-state index in [0.717, 1.165) is 5.56 Å². The van der Waals surface area contributed by atoms with Gasteiger partial charge in [0.05, 0.1) is 18.1 Å². The van der Waals surface area contributed by atoms with Gasteiger partial charge in [0.25, 0.3) is 0 Å². The Morgan fingerprint density at radius 2 is 1.88 bits per heavy atom. The Morgan fingerprint density at radius 1 is 1.16 bits per heavy atom. The number of nitrogens with zero attached hydrogens (tertiary/aromatic N) is 1. The molecule has 1 heterocycles. The SMILES string of the molecule is COC(=O)Nc1nc2ccc(OS(=O)(=O)c3ccc(C)cc3)cc2[nH]1. The monoisotopic (exact) mass is 361 g/mol. The number of aromatic amines is 1. The highest BCUT2D eigenvalue weighted by Gasteiger charge is 2.17. The van der Waals surface area contributed by atoms with Crippen LogP contribution in [0.2, 0.25) is 0 Å². The van der Waals surface area contributed by atoms with Crippen LogP contribution in [0.25, 0.3) is 11.0 Å². The predicted octanol–water partition coefficient (Wildman–Crippen LogP) is 2.82. The number of carbonyl (C=O) groups is 1. The zero-order valence-electron chi connectivity index (χ0n) is 13.4. The number of aryl methyl sites for hydroxylation is 1. The molecule has 8 nitrogen and oxygen atoms in total. The third-order valence-corrected chi connectivity index (χ3v) is 4.64. The van der Waals surface area contributed by atoms with Gasteiger partial charge in [-0.3, -0.25) is 5.32 Å². The van der Waals surface area contributed by atoms with Gasteiger partial charge >= 0.3 is 16.2 Å². The standard InChI is InChI=1S/C16H15N3O5S/c1-10-3-6-12(7-4-10)25(21,22)24-11-5-8-13-14(9-11)18-15(17-13)19-16(20)23-2/h3-9H,1-2H3,(H2,17,18,19,20). The number of hydrogen-bond acceptors (Lipinski definition) is 6. The van der Waals surface area contributed by atoms with Gasteiger partial charge in [0.2, 0.25) is 5.95 Å². The number of nitrogens with one attached hydrogen (secondary N) is 2. The number of ether oxygens (including phenoxy) is 1. The van der Waals surface area contributed by atoms with Crippen LogP contribution in [0.5, 0.6) is 5.75 Å². The second-order valence-corrected chi connectivity index (χ2v) is 6.78. The fourth-order valence-electron chi connectivity index (χ4n) is 2.13. The molecule has 3 aromatic rings. The van der Waals surface area contributed by atoms with Crippen molar-refractivity contribution in [3.63, 3.8) is 0 Å². The molecule has 0 bridgehead atoms. The van der Waals surface area contributed by atoms with Gasteiger partial charge in [-0.05, 0) is 31.2 Å². The largest absolute Gasteiger partial charge is 0.453 e. The summed E-state index contributed by atoms with van der Waals surface area (Å²) >= 11 is 0. The molecule has 0 radical (unpaired) electrons. The number of hydrogen-bond donors (Lipinski definition) is 2. The molecule has 0 aliphatic rings. The normalized spacial score (nSPS) is 11.3. The van der Waals surface area contributed by atoms with Crippen LogP contribution in [0.1, 0.15) is 5.56 Å². The lowest BCUT2D eigenvalue weighted by molar-refractivity contribution is 0.186. The first-order valence-corrected chi connectivity index (χ1v) is 8.64. The summed E-state index contributed by atoms with van der Waals surface area (Å²) in [5.74, 6) is 0.307. The number of amides is 1. The zero-order chi connectivity index (χ0) is 18.0. The highest BCUT2D eigenvalue weighted by atomic mass is 32.2. The molecule has 2 aromatic carbocycles. The molecule has 0 unspecified atom stereocenters. The van der Waals surface area contributed by atoms with E-state index in [1.807, 2.05) is 6.92 Å². The molecule has 0 fully saturated rings. The molecule has 25 heavy (non-hydrogen) atoms. The first-order chi connectivity index (χ1) is 11.9. The highest BCUT2D eigenvalue weighted by Crippen LogP contribution is 2.24. The minimum absolute atomic E-state index is 0.0656. The number of aromatic nitrogens is 2. The quantitative estimate of drug-likeness (QED) is 0.691. The summed E-state index contributed by atoms with van der Waals surface area (Å²) in [5.41, 5.74) is 1.98. The Bertz CT molecular complexity index is 1030. The van der Waals surface area contributed by atoms with E-state index >= 15 is 0 Å². The van der Waals surface area contributed by atoms with Gasteiger partial charge in [-0.15, -0.1) is 0 Å². The molecule has 0 atom stereocenters. The molecule has 2 N–H and O–H groups in total. The van der Waals surface area contributed by atoms with Gasteiger partial charge in [-0.25, -0.2) is 9.78 Å². The van der Waals surface area contributed by atoms with E-state index in [4.69, 9.17) is 4.18 Å². The number of imidazole rings is 1. The van der Waals surface area contributed by atoms with Gasteiger partial charge in [-0.2, -0.15) is 8.42 Å². The molecule has 0 aliphatic heterocycles. The number of anilines is 1. The van der Waals surface area contributed by atoms with Crippen molar-refractivity contribution in [2.75, 3.05) is 12.4 Å². The van der Waals surface area contributed by atoms with Crippen molar-refractivity contribution in [2.24, 2.45) is 0 Å². The van der Waals surface area contributed by atoms with Crippen molar-refractivity contribution in [3.8, 4) is 5.75 Å². The Labute approximate surface area is 143 Å². The van der Waals surface area contributed by atoms with Gasteiger partial charge < -0.3 is 13.9 Å². The maximum Gasteiger partial charge on any atom is 0.413 e. The van der Waals surface area contributed by atoms with Crippen LogP contribution < -0.4 is 9.50 Å². The summed E-state index contributed by atoms with van der Waals surface area (Å²) in [7, 11) is -2.70. The summed E-state index contributed by atoms with van der Waals surface area (Å²) in [4.78, 5) is 18.2.